The first kappa shape index (κ1) is 8.74. The summed E-state index contributed by atoms with van der Waals surface area (Å²) in [7, 11) is 0. The summed E-state index contributed by atoms with van der Waals surface area (Å²) in [5.41, 5.74) is 1.98. The van der Waals surface area contributed by atoms with E-state index in [1.807, 2.05) is 12.1 Å². The summed E-state index contributed by atoms with van der Waals surface area (Å²) in [5, 5.41) is 9.98. The van der Waals surface area contributed by atoms with E-state index in [-0.39, 0.29) is 0 Å². The maximum absolute atomic E-state index is 8.92. The molecule has 0 aliphatic rings. The predicted molar refractivity (Wildman–Crippen MR) is 59.0 cm³/mol. The highest BCUT2D eigenvalue weighted by Crippen LogP contribution is 2.36. The quantitative estimate of drug-likeness (QED) is 0.698. The minimum atomic E-state index is 0.753. The van der Waals surface area contributed by atoms with E-state index in [0.717, 1.165) is 14.7 Å². The summed E-state index contributed by atoms with van der Waals surface area (Å²) in [6.07, 6.45) is 0. The van der Waals surface area contributed by atoms with Gasteiger partial charge >= 0.3 is 0 Å². The Morgan fingerprint density at radius 2 is 2.23 bits per heavy atom. The molecule has 3 heteroatoms. The molecule has 0 aliphatic carbocycles. The first-order valence-corrected chi connectivity index (χ1v) is 5.42. The zero-order valence-corrected chi connectivity index (χ0v) is 9.37. The molecule has 0 spiro atoms. The van der Waals surface area contributed by atoms with Crippen molar-refractivity contribution in [3.05, 3.63) is 33.1 Å². The fraction of sp³-hybridized carbons (Fsp3) is 0.100. The van der Waals surface area contributed by atoms with E-state index in [2.05, 4.69) is 35.0 Å². The molecule has 0 atom stereocenters. The lowest BCUT2D eigenvalue weighted by atomic mass is 10.1. The van der Waals surface area contributed by atoms with Crippen LogP contribution in [0.15, 0.2) is 22.0 Å². The van der Waals surface area contributed by atoms with Crippen LogP contribution in [0.25, 0.3) is 10.1 Å². The summed E-state index contributed by atoms with van der Waals surface area (Å²) in [6.45, 7) is 2.06. The van der Waals surface area contributed by atoms with Crippen LogP contribution in [0.4, 0.5) is 0 Å². The van der Waals surface area contributed by atoms with Crippen molar-refractivity contribution < 1.29 is 0 Å². The molecule has 1 heterocycles. The number of halogens is 1. The molecule has 1 aromatic heterocycles. The number of aryl methyl sites for hydroxylation is 1. The van der Waals surface area contributed by atoms with Crippen molar-refractivity contribution in [2.45, 2.75) is 6.92 Å². The Labute approximate surface area is 88.7 Å². The van der Waals surface area contributed by atoms with Crippen LogP contribution in [-0.4, -0.2) is 0 Å². The summed E-state index contributed by atoms with van der Waals surface area (Å²) < 4.78 is 2.13. The second kappa shape index (κ2) is 3.13. The van der Waals surface area contributed by atoms with Crippen molar-refractivity contribution in [1.29, 1.82) is 5.26 Å². The average Bonchev–Trinajstić information content (AvgIpc) is 2.43. The highest BCUT2D eigenvalue weighted by atomic mass is 79.9. The highest BCUT2D eigenvalue weighted by Gasteiger charge is 2.09. The third kappa shape index (κ3) is 1.27. The predicted octanol–water partition coefficient (Wildman–Crippen LogP) is 3.84. The van der Waals surface area contributed by atoms with Gasteiger partial charge in [0.2, 0.25) is 0 Å². The van der Waals surface area contributed by atoms with E-state index < -0.39 is 0 Å². The van der Waals surface area contributed by atoms with Gasteiger partial charge in [-0.2, -0.15) is 5.26 Å². The maximum Gasteiger partial charge on any atom is 0.102 e. The van der Waals surface area contributed by atoms with Gasteiger partial charge in [0.15, 0.2) is 0 Å². The molecule has 0 N–H and O–H groups in total. The number of benzene rings is 1. The number of thiophene rings is 1. The normalized spacial score (nSPS) is 10.2. The van der Waals surface area contributed by atoms with Gasteiger partial charge in [-0.15, -0.1) is 11.3 Å². The Hall–Kier alpha value is -0.850. The Balaban J connectivity index is 2.96. The fourth-order valence-corrected chi connectivity index (χ4v) is 3.07. The summed E-state index contributed by atoms with van der Waals surface area (Å²) in [6, 6.07) is 8.24. The molecule has 0 unspecified atom stereocenters. The van der Waals surface area contributed by atoms with Gasteiger partial charge < -0.3 is 0 Å². The van der Waals surface area contributed by atoms with Crippen LogP contribution in [0.3, 0.4) is 0 Å². The Morgan fingerprint density at radius 1 is 1.46 bits per heavy atom. The Kier molecular flexibility index (Phi) is 2.10. The smallest absolute Gasteiger partial charge is 0.102 e. The molecule has 2 aromatic rings. The second-order valence-electron chi connectivity index (χ2n) is 2.81. The standard InChI is InChI=1S/C10H6BrNS/c1-6-3-2-4-7-8(5-12)10(11)13-9(6)7/h2-4H,1H3. The van der Waals surface area contributed by atoms with Crippen molar-refractivity contribution in [3.8, 4) is 6.07 Å². The topological polar surface area (TPSA) is 23.8 Å². The van der Waals surface area contributed by atoms with E-state index in [0.29, 0.717) is 0 Å². The van der Waals surface area contributed by atoms with Gasteiger partial charge in [0.1, 0.15) is 6.07 Å². The lowest BCUT2D eigenvalue weighted by Crippen LogP contribution is -1.73. The lowest BCUT2D eigenvalue weighted by molar-refractivity contribution is 1.51. The summed E-state index contributed by atoms with van der Waals surface area (Å²) >= 11 is 5.02. The molecule has 0 saturated heterocycles. The first-order valence-electron chi connectivity index (χ1n) is 3.81. The van der Waals surface area contributed by atoms with Crippen molar-refractivity contribution in [1.82, 2.24) is 0 Å². The zero-order chi connectivity index (χ0) is 9.42. The van der Waals surface area contributed by atoms with Crippen molar-refractivity contribution >= 4 is 37.4 Å². The monoisotopic (exact) mass is 251 g/mol. The molecule has 0 bridgehead atoms. The third-order valence-electron chi connectivity index (χ3n) is 1.98. The molecule has 1 nitrogen and oxygen atoms in total. The second-order valence-corrected chi connectivity index (χ2v) is 5.15. The number of rotatable bonds is 0. The van der Waals surface area contributed by atoms with Crippen molar-refractivity contribution in [2.24, 2.45) is 0 Å². The molecular formula is C10H6BrNS. The Morgan fingerprint density at radius 3 is 2.92 bits per heavy atom. The van der Waals surface area contributed by atoms with Crippen LogP contribution < -0.4 is 0 Å². The van der Waals surface area contributed by atoms with E-state index in [4.69, 9.17) is 5.26 Å². The van der Waals surface area contributed by atoms with Crippen LogP contribution in [-0.2, 0) is 0 Å². The van der Waals surface area contributed by atoms with Crippen LogP contribution in [0, 0.1) is 18.3 Å². The highest BCUT2D eigenvalue weighted by molar-refractivity contribution is 9.11. The van der Waals surface area contributed by atoms with Crippen molar-refractivity contribution in [3.63, 3.8) is 0 Å². The van der Waals surface area contributed by atoms with Gasteiger partial charge in [0.05, 0.1) is 9.35 Å². The third-order valence-corrected chi connectivity index (χ3v) is 3.99. The lowest BCUT2D eigenvalue weighted by Gasteiger charge is -1.92. The summed E-state index contributed by atoms with van der Waals surface area (Å²) in [4.78, 5) is 0. The number of hydrogen-bond acceptors (Lipinski definition) is 2. The molecule has 0 aliphatic heterocycles. The minimum Gasteiger partial charge on any atom is -0.192 e. The number of nitrogens with zero attached hydrogens (tertiary/aromatic N) is 1. The molecule has 1 aromatic carbocycles. The molecule has 0 amide bonds. The largest absolute Gasteiger partial charge is 0.192 e. The molecule has 0 saturated carbocycles. The van der Waals surface area contributed by atoms with Gasteiger partial charge in [-0.25, -0.2) is 0 Å². The van der Waals surface area contributed by atoms with E-state index >= 15 is 0 Å². The molecule has 0 fully saturated rings. The molecule has 13 heavy (non-hydrogen) atoms. The zero-order valence-electron chi connectivity index (χ0n) is 6.97. The van der Waals surface area contributed by atoms with Crippen LogP contribution in [0.2, 0.25) is 0 Å². The first-order chi connectivity index (χ1) is 6.24. The molecule has 64 valence electrons. The van der Waals surface area contributed by atoms with E-state index in [1.54, 1.807) is 11.3 Å². The fourth-order valence-electron chi connectivity index (χ4n) is 1.34. The molecule has 2 rings (SSSR count). The average molecular weight is 252 g/mol. The van der Waals surface area contributed by atoms with Gasteiger partial charge in [-0.1, -0.05) is 18.2 Å². The van der Waals surface area contributed by atoms with Crippen LogP contribution in [0.5, 0.6) is 0 Å². The van der Waals surface area contributed by atoms with Gasteiger partial charge in [0, 0.05) is 10.1 Å². The van der Waals surface area contributed by atoms with Crippen LogP contribution >= 0.6 is 27.3 Å². The number of hydrogen-bond donors (Lipinski definition) is 0. The number of fused-ring (bicyclic) bond motifs is 1. The van der Waals surface area contributed by atoms with Gasteiger partial charge in [0.25, 0.3) is 0 Å². The van der Waals surface area contributed by atoms with Gasteiger partial charge in [-0.05, 0) is 28.4 Å². The Bertz CT molecular complexity index is 507. The van der Waals surface area contributed by atoms with Crippen molar-refractivity contribution in [2.75, 3.05) is 0 Å². The van der Waals surface area contributed by atoms with Gasteiger partial charge in [-0.3, -0.25) is 0 Å². The molecule has 0 radical (unpaired) electrons. The van der Waals surface area contributed by atoms with E-state index in [9.17, 15) is 0 Å². The maximum atomic E-state index is 8.92. The van der Waals surface area contributed by atoms with E-state index in [1.165, 1.54) is 10.3 Å². The van der Waals surface area contributed by atoms with Crippen LogP contribution in [0.1, 0.15) is 11.1 Å². The summed E-state index contributed by atoms with van der Waals surface area (Å²) in [5.74, 6) is 0. The SMILES string of the molecule is Cc1cccc2c(C#N)c(Br)sc12. The number of nitriles is 1. The molecular weight excluding hydrogens is 246 g/mol. The minimum absolute atomic E-state index is 0.753.